The van der Waals surface area contributed by atoms with Crippen molar-refractivity contribution in [1.82, 2.24) is 0 Å². The standard InChI is InChI=1S/C16H16FNO3/c17-12-5-3-11(4-6-12)2-1-9-21-16(20)14-10-13(18)7-8-15(14)19/h3-8,10,19H,1-2,9,18H2. The summed E-state index contributed by atoms with van der Waals surface area (Å²) in [6.45, 7) is 0.213. The number of carbonyl (C=O) groups excluding carboxylic acids is 1. The molecule has 2 rings (SSSR count). The van der Waals surface area contributed by atoms with Crippen LogP contribution in [0.15, 0.2) is 42.5 Å². The predicted molar refractivity (Wildman–Crippen MR) is 77.5 cm³/mol. The van der Waals surface area contributed by atoms with Gasteiger partial charge in [0.15, 0.2) is 0 Å². The number of nitrogens with two attached hydrogens (primary N) is 1. The van der Waals surface area contributed by atoms with Crippen LogP contribution in [-0.4, -0.2) is 17.7 Å². The largest absolute Gasteiger partial charge is 0.507 e. The van der Waals surface area contributed by atoms with E-state index in [1.54, 1.807) is 12.1 Å². The van der Waals surface area contributed by atoms with Crippen LogP contribution < -0.4 is 5.73 Å². The molecular weight excluding hydrogens is 273 g/mol. The number of aryl methyl sites for hydroxylation is 1. The lowest BCUT2D eigenvalue weighted by atomic mass is 10.1. The van der Waals surface area contributed by atoms with Gasteiger partial charge in [-0.1, -0.05) is 12.1 Å². The summed E-state index contributed by atoms with van der Waals surface area (Å²) in [6, 6.07) is 10.4. The minimum Gasteiger partial charge on any atom is -0.507 e. The van der Waals surface area contributed by atoms with Crippen LogP contribution in [0.1, 0.15) is 22.3 Å². The van der Waals surface area contributed by atoms with Gasteiger partial charge in [-0.2, -0.15) is 0 Å². The molecule has 0 aliphatic carbocycles. The van der Waals surface area contributed by atoms with Gasteiger partial charge in [0, 0.05) is 5.69 Å². The van der Waals surface area contributed by atoms with E-state index in [9.17, 15) is 14.3 Å². The number of nitrogen functional groups attached to an aromatic ring is 1. The van der Waals surface area contributed by atoms with E-state index in [0.717, 1.165) is 5.56 Å². The van der Waals surface area contributed by atoms with Crippen molar-refractivity contribution in [2.75, 3.05) is 12.3 Å². The zero-order chi connectivity index (χ0) is 15.2. The van der Waals surface area contributed by atoms with E-state index in [4.69, 9.17) is 10.5 Å². The van der Waals surface area contributed by atoms with Gasteiger partial charge >= 0.3 is 5.97 Å². The van der Waals surface area contributed by atoms with Crippen LogP contribution in [0, 0.1) is 5.82 Å². The molecule has 0 radical (unpaired) electrons. The third-order valence-corrected chi connectivity index (χ3v) is 3.00. The first-order valence-electron chi connectivity index (χ1n) is 6.56. The van der Waals surface area contributed by atoms with Gasteiger partial charge in [0.1, 0.15) is 17.1 Å². The predicted octanol–water partition coefficient (Wildman–Crippen LogP) is 2.90. The van der Waals surface area contributed by atoms with Crippen molar-refractivity contribution in [3.05, 3.63) is 59.4 Å². The molecule has 0 unspecified atom stereocenters. The topological polar surface area (TPSA) is 72.5 Å². The zero-order valence-electron chi connectivity index (χ0n) is 11.4. The Labute approximate surface area is 122 Å². The van der Waals surface area contributed by atoms with Crippen molar-refractivity contribution >= 4 is 11.7 Å². The summed E-state index contributed by atoms with van der Waals surface area (Å²) in [5.74, 6) is -1.05. The lowest BCUT2D eigenvalue weighted by Gasteiger charge is -2.07. The van der Waals surface area contributed by atoms with E-state index in [1.807, 2.05) is 0 Å². The molecule has 0 fully saturated rings. The highest BCUT2D eigenvalue weighted by atomic mass is 19.1. The van der Waals surface area contributed by atoms with E-state index >= 15 is 0 Å². The molecule has 0 spiro atoms. The third-order valence-electron chi connectivity index (χ3n) is 3.00. The molecule has 0 heterocycles. The minimum atomic E-state index is -0.612. The molecule has 0 aliphatic rings. The van der Waals surface area contributed by atoms with Crippen LogP contribution in [0.4, 0.5) is 10.1 Å². The summed E-state index contributed by atoms with van der Waals surface area (Å²) in [5.41, 5.74) is 6.96. The molecule has 2 aromatic rings. The van der Waals surface area contributed by atoms with E-state index in [2.05, 4.69) is 0 Å². The molecule has 5 heteroatoms. The van der Waals surface area contributed by atoms with Crippen molar-refractivity contribution in [3.63, 3.8) is 0 Å². The second kappa shape index (κ2) is 6.74. The Morgan fingerprint density at radius 1 is 1.19 bits per heavy atom. The number of hydrogen-bond donors (Lipinski definition) is 2. The number of benzene rings is 2. The lowest BCUT2D eigenvalue weighted by molar-refractivity contribution is 0.0497. The minimum absolute atomic E-state index is 0.0526. The van der Waals surface area contributed by atoms with Gasteiger partial charge in [0.2, 0.25) is 0 Å². The van der Waals surface area contributed by atoms with Crippen molar-refractivity contribution in [2.24, 2.45) is 0 Å². The number of phenolic OH excluding ortho intramolecular Hbond substituents is 1. The number of halogens is 1. The fourth-order valence-electron chi connectivity index (χ4n) is 1.89. The van der Waals surface area contributed by atoms with Crippen molar-refractivity contribution in [2.45, 2.75) is 12.8 Å². The molecule has 110 valence electrons. The smallest absolute Gasteiger partial charge is 0.341 e. The Hall–Kier alpha value is -2.56. The zero-order valence-corrected chi connectivity index (χ0v) is 11.4. The van der Waals surface area contributed by atoms with Crippen LogP contribution in [0.25, 0.3) is 0 Å². The average molecular weight is 289 g/mol. The Morgan fingerprint density at radius 2 is 1.90 bits per heavy atom. The maximum Gasteiger partial charge on any atom is 0.341 e. The van der Waals surface area contributed by atoms with E-state index in [-0.39, 0.29) is 23.7 Å². The number of aromatic hydroxyl groups is 1. The van der Waals surface area contributed by atoms with E-state index in [1.165, 1.54) is 30.3 Å². The maximum atomic E-state index is 12.7. The Kier molecular flexibility index (Phi) is 4.77. The highest BCUT2D eigenvalue weighted by molar-refractivity contribution is 5.93. The van der Waals surface area contributed by atoms with Crippen LogP contribution in [0.5, 0.6) is 5.75 Å². The van der Waals surface area contributed by atoms with Crippen molar-refractivity contribution < 1.29 is 19.0 Å². The van der Waals surface area contributed by atoms with Gasteiger partial charge in [-0.3, -0.25) is 0 Å². The first-order valence-corrected chi connectivity index (χ1v) is 6.56. The number of anilines is 1. The van der Waals surface area contributed by atoms with E-state index in [0.29, 0.717) is 18.5 Å². The van der Waals surface area contributed by atoms with Crippen LogP contribution in [0.2, 0.25) is 0 Å². The second-order valence-corrected chi connectivity index (χ2v) is 4.64. The molecule has 0 aromatic heterocycles. The van der Waals surface area contributed by atoms with Crippen LogP contribution in [-0.2, 0) is 11.2 Å². The summed E-state index contributed by atoms with van der Waals surface area (Å²) in [4.78, 5) is 11.8. The summed E-state index contributed by atoms with van der Waals surface area (Å²) < 4.78 is 17.8. The molecule has 0 bridgehead atoms. The van der Waals surface area contributed by atoms with Gasteiger partial charge in [0.05, 0.1) is 6.61 Å². The molecular formula is C16H16FNO3. The Morgan fingerprint density at radius 3 is 2.62 bits per heavy atom. The molecule has 0 saturated heterocycles. The molecule has 0 aliphatic heterocycles. The van der Waals surface area contributed by atoms with Gasteiger partial charge < -0.3 is 15.6 Å². The van der Waals surface area contributed by atoms with Gasteiger partial charge in [-0.05, 0) is 48.7 Å². The SMILES string of the molecule is Nc1ccc(O)c(C(=O)OCCCc2ccc(F)cc2)c1. The van der Waals surface area contributed by atoms with Gasteiger partial charge in [0.25, 0.3) is 0 Å². The Balaban J connectivity index is 1.81. The Bertz CT molecular complexity index is 626. The second-order valence-electron chi connectivity index (χ2n) is 4.64. The summed E-state index contributed by atoms with van der Waals surface area (Å²) in [5, 5.41) is 9.57. The summed E-state index contributed by atoms with van der Waals surface area (Å²) in [7, 11) is 0. The summed E-state index contributed by atoms with van der Waals surface area (Å²) in [6.07, 6.45) is 1.29. The molecule has 0 amide bonds. The lowest BCUT2D eigenvalue weighted by Crippen LogP contribution is -2.08. The number of phenols is 1. The maximum absolute atomic E-state index is 12.7. The number of hydrogen-bond acceptors (Lipinski definition) is 4. The van der Waals surface area contributed by atoms with Crippen LogP contribution in [0.3, 0.4) is 0 Å². The number of rotatable bonds is 5. The molecule has 0 atom stereocenters. The van der Waals surface area contributed by atoms with Crippen LogP contribution >= 0.6 is 0 Å². The molecule has 3 N–H and O–H groups in total. The number of carbonyl (C=O) groups is 1. The van der Waals surface area contributed by atoms with Gasteiger partial charge in [-0.25, -0.2) is 9.18 Å². The number of ether oxygens (including phenoxy) is 1. The highest BCUT2D eigenvalue weighted by Gasteiger charge is 2.12. The quantitative estimate of drug-likeness (QED) is 0.384. The van der Waals surface area contributed by atoms with Crippen molar-refractivity contribution in [3.8, 4) is 5.75 Å². The van der Waals surface area contributed by atoms with E-state index < -0.39 is 5.97 Å². The molecule has 4 nitrogen and oxygen atoms in total. The molecule has 21 heavy (non-hydrogen) atoms. The fourth-order valence-corrected chi connectivity index (χ4v) is 1.89. The third kappa shape index (κ3) is 4.21. The number of esters is 1. The monoisotopic (exact) mass is 289 g/mol. The van der Waals surface area contributed by atoms with Gasteiger partial charge in [-0.15, -0.1) is 0 Å². The molecule has 2 aromatic carbocycles. The highest BCUT2D eigenvalue weighted by Crippen LogP contribution is 2.20. The summed E-state index contributed by atoms with van der Waals surface area (Å²) >= 11 is 0. The average Bonchev–Trinajstić information content (AvgIpc) is 2.47. The fraction of sp³-hybridized carbons (Fsp3) is 0.188. The molecule has 0 saturated carbocycles. The normalized spacial score (nSPS) is 10.3. The first-order chi connectivity index (χ1) is 10.1. The van der Waals surface area contributed by atoms with Crippen molar-refractivity contribution in [1.29, 1.82) is 0 Å². The first kappa shape index (κ1) is 14.8.